The van der Waals surface area contributed by atoms with Crippen LogP contribution in [-0.2, 0) is 11.3 Å². The van der Waals surface area contributed by atoms with Gasteiger partial charge in [-0.25, -0.2) is 14.8 Å². The third-order valence-corrected chi connectivity index (χ3v) is 4.81. The number of methoxy groups -OCH3 is 1. The summed E-state index contributed by atoms with van der Waals surface area (Å²) in [7, 11) is 1.36. The van der Waals surface area contributed by atoms with Crippen LogP contribution in [0.4, 0.5) is 5.95 Å². The normalized spacial score (nSPS) is 15.1. The van der Waals surface area contributed by atoms with Gasteiger partial charge in [0.25, 0.3) is 0 Å². The van der Waals surface area contributed by atoms with Crippen LogP contribution < -0.4 is 4.90 Å². The van der Waals surface area contributed by atoms with Gasteiger partial charge >= 0.3 is 5.97 Å². The summed E-state index contributed by atoms with van der Waals surface area (Å²) in [6, 6.07) is 8.76. The average Bonchev–Trinajstić information content (AvgIpc) is 3.11. The Labute approximate surface area is 168 Å². The first kappa shape index (κ1) is 19.0. The Balaban J connectivity index is 1.37. The van der Waals surface area contributed by atoms with E-state index >= 15 is 0 Å². The summed E-state index contributed by atoms with van der Waals surface area (Å²) in [5.41, 5.74) is 1.27. The lowest BCUT2D eigenvalue weighted by Gasteiger charge is -2.20. The van der Waals surface area contributed by atoms with Crippen LogP contribution in [0.1, 0.15) is 22.7 Å². The molecule has 1 fully saturated rings. The number of benzene rings is 1. The molecule has 0 bridgehead atoms. The molecule has 1 aromatic carbocycles. The Morgan fingerprint density at radius 3 is 2.66 bits per heavy atom. The van der Waals surface area contributed by atoms with Crippen molar-refractivity contribution < 1.29 is 14.1 Å². The number of esters is 1. The van der Waals surface area contributed by atoms with Crippen LogP contribution in [0, 0.1) is 0 Å². The molecule has 0 amide bonds. The summed E-state index contributed by atoms with van der Waals surface area (Å²) in [5, 5.41) is 4.07. The summed E-state index contributed by atoms with van der Waals surface area (Å²) in [4.78, 5) is 29.2. The molecular weight excluding hydrogens is 372 g/mol. The van der Waals surface area contributed by atoms with Gasteiger partial charge in [0.2, 0.25) is 17.7 Å². The molecule has 3 aromatic rings. The molecule has 150 valence electrons. The van der Waals surface area contributed by atoms with E-state index in [9.17, 15) is 4.79 Å². The number of anilines is 1. The van der Waals surface area contributed by atoms with Gasteiger partial charge in [-0.05, 0) is 24.6 Å². The fourth-order valence-corrected chi connectivity index (χ4v) is 3.28. The summed E-state index contributed by atoms with van der Waals surface area (Å²) >= 11 is 0. The highest BCUT2D eigenvalue weighted by Crippen LogP contribution is 2.18. The van der Waals surface area contributed by atoms with Crippen molar-refractivity contribution in [3.05, 3.63) is 54.2 Å². The second kappa shape index (κ2) is 8.78. The van der Waals surface area contributed by atoms with E-state index in [0.717, 1.165) is 44.1 Å². The van der Waals surface area contributed by atoms with E-state index in [-0.39, 0.29) is 5.97 Å². The molecule has 4 rings (SSSR count). The number of hydrogen-bond acceptors (Lipinski definition) is 9. The quantitative estimate of drug-likeness (QED) is 0.602. The first-order valence-corrected chi connectivity index (χ1v) is 9.48. The molecule has 29 heavy (non-hydrogen) atoms. The second-order valence-electron chi connectivity index (χ2n) is 6.75. The number of rotatable bonds is 5. The minimum Gasteiger partial charge on any atom is -0.465 e. The Kier molecular flexibility index (Phi) is 5.76. The molecule has 0 spiro atoms. The number of nitrogens with zero attached hydrogens (tertiary/aromatic N) is 6. The zero-order chi connectivity index (χ0) is 20.1. The van der Waals surface area contributed by atoms with Crippen LogP contribution in [0.2, 0.25) is 0 Å². The van der Waals surface area contributed by atoms with E-state index in [1.165, 1.54) is 7.11 Å². The molecule has 2 aromatic heterocycles. The summed E-state index contributed by atoms with van der Waals surface area (Å²) in [6.45, 7) is 4.16. The standard InChI is InChI=1S/C20H22N6O3/c1-28-19(27)16-6-4-15(5-7-16)18-23-17(29-24-18)14-25-10-3-11-26(13-12-25)20-21-8-2-9-22-20/h2,4-9H,3,10-14H2,1H3. The Bertz CT molecular complexity index is 944. The highest BCUT2D eigenvalue weighted by atomic mass is 16.5. The summed E-state index contributed by atoms with van der Waals surface area (Å²) < 4.78 is 10.2. The maximum atomic E-state index is 11.5. The van der Waals surface area contributed by atoms with Gasteiger partial charge in [0.05, 0.1) is 19.2 Å². The van der Waals surface area contributed by atoms with Crippen molar-refractivity contribution >= 4 is 11.9 Å². The van der Waals surface area contributed by atoms with Crippen molar-refractivity contribution in [2.45, 2.75) is 13.0 Å². The Morgan fingerprint density at radius 2 is 1.90 bits per heavy atom. The highest BCUT2D eigenvalue weighted by Gasteiger charge is 2.19. The van der Waals surface area contributed by atoms with E-state index in [1.54, 1.807) is 36.7 Å². The monoisotopic (exact) mass is 394 g/mol. The van der Waals surface area contributed by atoms with E-state index in [4.69, 9.17) is 9.26 Å². The predicted octanol–water partition coefficient (Wildman–Crippen LogP) is 2.03. The lowest BCUT2D eigenvalue weighted by atomic mass is 10.1. The van der Waals surface area contributed by atoms with Gasteiger partial charge in [-0.2, -0.15) is 4.98 Å². The van der Waals surface area contributed by atoms with Crippen LogP contribution in [0.15, 0.2) is 47.2 Å². The van der Waals surface area contributed by atoms with Crippen LogP contribution in [0.25, 0.3) is 11.4 Å². The Hall–Kier alpha value is -3.33. The van der Waals surface area contributed by atoms with Crippen molar-refractivity contribution in [2.24, 2.45) is 0 Å². The average molecular weight is 394 g/mol. The molecule has 0 unspecified atom stereocenters. The van der Waals surface area contributed by atoms with Gasteiger partial charge in [0.15, 0.2) is 0 Å². The Morgan fingerprint density at radius 1 is 1.10 bits per heavy atom. The third kappa shape index (κ3) is 4.57. The molecule has 0 radical (unpaired) electrons. The van der Waals surface area contributed by atoms with Gasteiger partial charge in [-0.3, -0.25) is 4.90 Å². The van der Waals surface area contributed by atoms with E-state index in [1.807, 2.05) is 6.07 Å². The third-order valence-electron chi connectivity index (χ3n) is 4.81. The molecule has 1 aliphatic rings. The number of carbonyl (C=O) groups is 1. The minimum atomic E-state index is -0.374. The maximum absolute atomic E-state index is 11.5. The number of ether oxygens (including phenoxy) is 1. The SMILES string of the molecule is COC(=O)c1ccc(-c2noc(CN3CCCN(c4ncccn4)CC3)n2)cc1. The van der Waals surface area contributed by atoms with Gasteiger partial charge in [0.1, 0.15) is 0 Å². The topological polar surface area (TPSA) is 97.5 Å². The van der Waals surface area contributed by atoms with Gasteiger partial charge < -0.3 is 14.2 Å². The van der Waals surface area contributed by atoms with Crippen LogP contribution in [0.5, 0.6) is 0 Å². The lowest BCUT2D eigenvalue weighted by molar-refractivity contribution is 0.0600. The molecule has 9 nitrogen and oxygen atoms in total. The molecule has 0 atom stereocenters. The van der Waals surface area contributed by atoms with Crippen LogP contribution in [0.3, 0.4) is 0 Å². The van der Waals surface area contributed by atoms with Gasteiger partial charge in [-0.15, -0.1) is 0 Å². The van der Waals surface area contributed by atoms with Crippen molar-refractivity contribution in [3.8, 4) is 11.4 Å². The maximum Gasteiger partial charge on any atom is 0.337 e. The molecule has 0 saturated carbocycles. The molecule has 0 aliphatic carbocycles. The predicted molar refractivity (Wildman–Crippen MR) is 105 cm³/mol. The minimum absolute atomic E-state index is 0.374. The molecular formula is C20H22N6O3. The molecule has 1 saturated heterocycles. The largest absolute Gasteiger partial charge is 0.465 e. The van der Waals surface area contributed by atoms with Crippen molar-refractivity contribution in [3.63, 3.8) is 0 Å². The number of hydrogen-bond donors (Lipinski definition) is 0. The lowest BCUT2D eigenvalue weighted by Crippen LogP contribution is -2.31. The van der Waals surface area contributed by atoms with Crippen LogP contribution in [-0.4, -0.2) is 64.3 Å². The fraction of sp³-hybridized carbons (Fsp3) is 0.350. The summed E-state index contributed by atoms with van der Waals surface area (Å²) in [6.07, 6.45) is 4.54. The summed E-state index contributed by atoms with van der Waals surface area (Å²) in [5.74, 6) is 1.47. The van der Waals surface area contributed by atoms with Crippen molar-refractivity contribution in [2.75, 3.05) is 38.2 Å². The second-order valence-corrected chi connectivity index (χ2v) is 6.75. The highest BCUT2D eigenvalue weighted by molar-refractivity contribution is 5.89. The van der Waals surface area contributed by atoms with Crippen LogP contribution >= 0.6 is 0 Å². The molecule has 0 N–H and O–H groups in total. The fourth-order valence-electron chi connectivity index (χ4n) is 3.28. The van der Waals surface area contributed by atoms with Crippen molar-refractivity contribution in [1.82, 2.24) is 25.0 Å². The van der Waals surface area contributed by atoms with Gasteiger partial charge in [-0.1, -0.05) is 17.3 Å². The van der Waals surface area contributed by atoms with Crippen molar-refractivity contribution in [1.29, 1.82) is 0 Å². The smallest absolute Gasteiger partial charge is 0.337 e. The first-order valence-electron chi connectivity index (χ1n) is 9.48. The van der Waals surface area contributed by atoms with E-state index in [0.29, 0.717) is 23.8 Å². The molecule has 3 heterocycles. The molecule has 1 aliphatic heterocycles. The zero-order valence-electron chi connectivity index (χ0n) is 16.2. The number of carbonyl (C=O) groups excluding carboxylic acids is 1. The number of aromatic nitrogens is 4. The molecule has 9 heteroatoms. The van der Waals surface area contributed by atoms with Gasteiger partial charge in [0, 0.05) is 44.1 Å². The van der Waals surface area contributed by atoms with E-state index < -0.39 is 0 Å². The first-order chi connectivity index (χ1) is 14.2. The zero-order valence-corrected chi connectivity index (χ0v) is 16.2. The van der Waals surface area contributed by atoms with E-state index in [2.05, 4.69) is 29.9 Å².